The third-order valence-corrected chi connectivity index (χ3v) is 4.99. The van der Waals surface area contributed by atoms with Crippen molar-refractivity contribution in [2.24, 2.45) is 0 Å². The van der Waals surface area contributed by atoms with Gasteiger partial charge in [-0.2, -0.15) is 0 Å². The standard InChI is InChI=1S/C13H19ClN2O2S/c1-19(17,18)16-8-6-13(7-9-16)15-10-11-2-4-12(14)5-3-11/h2-5,13,15H,6-10H2,1H3. The Balaban J connectivity index is 1.78. The maximum Gasteiger partial charge on any atom is 0.211 e. The van der Waals surface area contributed by atoms with Gasteiger partial charge in [-0.1, -0.05) is 23.7 Å². The quantitative estimate of drug-likeness (QED) is 0.923. The summed E-state index contributed by atoms with van der Waals surface area (Å²) >= 11 is 5.84. The minimum Gasteiger partial charge on any atom is -0.310 e. The van der Waals surface area contributed by atoms with Gasteiger partial charge in [0.25, 0.3) is 0 Å². The summed E-state index contributed by atoms with van der Waals surface area (Å²) in [6.45, 7) is 2.01. The van der Waals surface area contributed by atoms with Crippen LogP contribution in [-0.4, -0.2) is 38.1 Å². The summed E-state index contributed by atoms with van der Waals surface area (Å²) in [5.74, 6) is 0. The van der Waals surface area contributed by atoms with E-state index in [0.717, 1.165) is 24.4 Å². The van der Waals surface area contributed by atoms with Crippen LogP contribution in [0.3, 0.4) is 0 Å². The SMILES string of the molecule is CS(=O)(=O)N1CCC(NCc2ccc(Cl)cc2)CC1. The molecule has 1 N–H and O–H groups in total. The monoisotopic (exact) mass is 302 g/mol. The highest BCUT2D eigenvalue weighted by Gasteiger charge is 2.24. The molecule has 0 radical (unpaired) electrons. The summed E-state index contributed by atoms with van der Waals surface area (Å²) in [6, 6.07) is 8.14. The van der Waals surface area contributed by atoms with Crippen molar-refractivity contribution in [1.82, 2.24) is 9.62 Å². The Morgan fingerprint density at radius 1 is 1.26 bits per heavy atom. The van der Waals surface area contributed by atoms with E-state index >= 15 is 0 Å². The zero-order valence-electron chi connectivity index (χ0n) is 11.0. The normalized spacial score (nSPS) is 18.6. The number of halogens is 1. The number of nitrogens with one attached hydrogen (secondary N) is 1. The number of benzene rings is 1. The molecule has 0 aliphatic carbocycles. The van der Waals surface area contributed by atoms with Gasteiger partial charge >= 0.3 is 0 Å². The average Bonchev–Trinajstić information content (AvgIpc) is 2.37. The first-order chi connectivity index (χ1) is 8.95. The lowest BCUT2D eigenvalue weighted by Crippen LogP contribution is -2.44. The van der Waals surface area contributed by atoms with Gasteiger partial charge in [0.1, 0.15) is 0 Å². The molecule has 1 aliphatic rings. The van der Waals surface area contributed by atoms with Crippen molar-refractivity contribution in [2.45, 2.75) is 25.4 Å². The molecule has 0 bridgehead atoms. The summed E-state index contributed by atoms with van der Waals surface area (Å²) in [5.41, 5.74) is 1.19. The van der Waals surface area contributed by atoms with Crippen LogP contribution in [0.5, 0.6) is 0 Å². The smallest absolute Gasteiger partial charge is 0.211 e. The molecule has 0 saturated carbocycles. The molecule has 1 aromatic carbocycles. The van der Waals surface area contributed by atoms with Crippen LogP contribution in [0.1, 0.15) is 18.4 Å². The fourth-order valence-electron chi connectivity index (χ4n) is 2.26. The van der Waals surface area contributed by atoms with E-state index < -0.39 is 10.0 Å². The Morgan fingerprint density at radius 3 is 2.37 bits per heavy atom. The van der Waals surface area contributed by atoms with Crippen molar-refractivity contribution < 1.29 is 8.42 Å². The molecule has 1 saturated heterocycles. The van der Waals surface area contributed by atoms with E-state index in [9.17, 15) is 8.42 Å². The molecule has 106 valence electrons. The molecule has 0 amide bonds. The number of piperidine rings is 1. The summed E-state index contributed by atoms with van der Waals surface area (Å²) in [5, 5.41) is 4.21. The summed E-state index contributed by atoms with van der Waals surface area (Å²) in [7, 11) is -3.03. The van der Waals surface area contributed by atoms with E-state index in [2.05, 4.69) is 5.32 Å². The Morgan fingerprint density at radius 2 is 1.84 bits per heavy atom. The highest BCUT2D eigenvalue weighted by atomic mass is 35.5. The van der Waals surface area contributed by atoms with Crippen molar-refractivity contribution >= 4 is 21.6 Å². The van der Waals surface area contributed by atoms with Crippen LogP contribution in [0.2, 0.25) is 5.02 Å². The van der Waals surface area contributed by atoms with Gasteiger partial charge in [0.05, 0.1) is 6.26 Å². The third kappa shape index (κ3) is 4.45. The van der Waals surface area contributed by atoms with E-state index in [1.807, 2.05) is 24.3 Å². The molecule has 0 atom stereocenters. The molecular formula is C13H19ClN2O2S. The number of sulfonamides is 1. The minimum atomic E-state index is -3.03. The van der Waals surface area contributed by atoms with Gasteiger partial charge in [0, 0.05) is 30.7 Å². The van der Waals surface area contributed by atoms with E-state index in [-0.39, 0.29) is 0 Å². The van der Waals surface area contributed by atoms with E-state index in [4.69, 9.17) is 11.6 Å². The first-order valence-corrected chi connectivity index (χ1v) is 8.61. The van der Waals surface area contributed by atoms with Crippen LogP contribution in [0.25, 0.3) is 0 Å². The summed E-state index contributed by atoms with van der Waals surface area (Å²) in [4.78, 5) is 0. The number of hydrogen-bond acceptors (Lipinski definition) is 3. The number of hydrogen-bond donors (Lipinski definition) is 1. The van der Waals surface area contributed by atoms with Crippen molar-refractivity contribution in [3.05, 3.63) is 34.9 Å². The first kappa shape index (κ1) is 14.8. The molecule has 2 rings (SSSR count). The van der Waals surface area contributed by atoms with Crippen molar-refractivity contribution in [3.63, 3.8) is 0 Å². The van der Waals surface area contributed by atoms with E-state index in [1.165, 1.54) is 11.8 Å². The Hall–Kier alpha value is -0.620. The molecule has 1 aliphatic heterocycles. The molecule has 0 unspecified atom stereocenters. The molecular weight excluding hydrogens is 284 g/mol. The third-order valence-electron chi connectivity index (χ3n) is 3.43. The molecule has 1 aromatic rings. The van der Waals surface area contributed by atoms with Crippen LogP contribution < -0.4 is 5.32 Å². The van der Waals surface area contributed by atoms with Crippen LogP contribution in [0, 0.1) is 0 Å². The van der Waals surface area contributed by atoms with Gasteiger partial charge in [-0.25, -0.2) is 12.7 Å². The van der Waals surface area contributed by atoms with Crippen LogP contribution in [-0.2, 0) is 16.6 Å². The van der Waals surface area contributed by atoms with Crippen LogP contribution >= 0.6 is 11.6 Å². The molecule has 19 heavy (non-hydrogen) atoms. The fourth-order valence-corrected chi connectivity index (χ4v) is 3.26. The van der Waals surface area contributed by atoms with Gasteiger partial charge in [0.15, 0.2) is 0 Å². The van der Waals surface area contributed by atoms with Gasteiger partial charge in [-0.15, -0.1) is 0 Å². The van der Waals surface area contributed by atoms with Crippen molar-refractivity contribution in [2.75, 3.05) is 19.3 Å². The second-order valence-corrected chi connectivity index (χ2v) is 7.36. The minimum absolute atomic E-state index is 0.383. The number of nitrogens with zero attached hydrogens (tertiary/aromatic N) is 1. The molecule has 1 heterocycles. The Kier molecular flexibility index (Phi) is 4.84. The lowest BCUT2D eigenvalue weighted by Gasteiger charge is -2.30. The highest BCUT2D eigenvalue weighted by Crippen LogP contribution is 2.14. The lowest BCUT2D eigenvalue weighted by molar-refractivity contribution is 0.290. The molecule has 4 nitrogen and oxygen atoms in total. The zero-order valence-corrected chi connectivity index (χ0v) is 12.5. The van der Waals surface area contributed by atoms with Gasteiger partial charge < -0.3 is 5.32 Å². The van der Waals surface area contributed by atoms with Crippen LogP contribution in [0.4, 0.5) is 0 Å². The van der Waals surface area contributed by atoms with Crippen LogP contribution in [0.15, 0.2) is 24.3 Å². The van der Waals surface area contributed by atoms with Crippen molar-refractivity contribution in [3.8, 4) is 0 Å². The molecule has 0 spiro atoms. The predicted octanol–water partition coefficient (Wildman–Crippen LogP) is 1.85. The second kappa shape index (κ2) is 6.22. The summed E-state index contributed by atoms with van der Waals surface area (Å²) < 4.78 is 24.3. The lowest BCUT2D eigenvalue weighted by atomic mass is 10.1. The fraction of sp³-hybridized carbons (Fsp3) is 0.538. The molecule has 1 fully saturated rings. The average molecular weight is 303 g/mol. The number of rotatable bonds is 4. The van der Waals surface area contributed by atoms with Gasteiger partial charge in [-0.05, 0) is 30.5 Å². The van der Waals surface area contributed by atoms with E-state index in [1.54, 1.807) is 4.31 Å². The highest BCUT2D eigenvalue weighted by molar-refractivity contribution is 7.88. The topological polar surface area (TPSA) is 49.4 Å². The maximum absolute atomic E-state index is 11.4. The Labute approximate surface area is 119 Å². The maximum atomic E-state index is 11.4. The van der Waals surface area contributed by atoms with Crippen molar-refractivity contribution in [1.29, 1.82) is 0 Å². The van der Waals surface area contributed by atoms with Gasteiger partial charge in [-0.3, -0.25) is 0 Å². The van der Waals surface area contributed by atoms with Gasteiger partial charge in [0.2, 0.25) is 10.0 Å². The molecule has 0 aromatic heterocycles. The largest absolute Gasteiger partial charge is 0.310 e. The second-order valence-electron chi connectivity index (χ2n) is 4.94. The predicted molar refractivity (Wildman–Crippen MR) is 77.7 cm³/mol. The molecule has 6 heteroatoms. The first-order valence-electron chi connectivity index (χ1n) is 6.38. The zero-order chi connectivity index (χ0) is 13.9. The van der Waals surface area contributed by atoms with E-state index in [0.29, 0.717) is 19.1 Å². The Bertz CT molecular complexity index is 508. The summed E-state index contributed by atoms with van der Waals surface area (Å²) in [6.07, 6.45) is 3.00.